The molecule has 0 bridgehead atoms. The first-order valence-corrected chi connectivity index (χ1v) is 5.84. The summed E-state index contributed by atoms with van der Waals surface area (Å²) < 4.78 is 0. The van der Waals surface area contributed by atoms with Crippen molar-refractivity contribution in [3.63, 3.8) is 0 Å². The molecule has 0 aromatic carbocycles. The van der Waals surface area contributed by atoms with Gasteiger partial charge in [0.25, 0.3) is 0 Å². The molecule has 0 aliphatic heterocycles. The van der Waals surface area contributed by atoms with Gasteiger partial charge in [0, 0.05) is 25.0 Å². The van der Waals surface area contributed by atoms with E-state index in [1.807, 2.05) is 13.1 Å². The third-order valence-corrected chi connectivity index (χ3v) is 3.66. The van der Waals surface area contributed by atoms with Gasteiger partial charge in [0.2, 0.25) is 0 Å². The van der Waals surface area contributed by atoms with Crippen LogP contribution in [0.4, 0.5) is 0 Å². The van der Waals surface area contributed by atoms with E-state index in [0.717, 1.165) is 24.8 Å². The lowest BCUT2D eigenvalue weighted by Crippen LogP contribution is -2.27. The number of rotatable bonds is 5. The normalized spacial score (nSPS) is 18.4. The molecule has 2 N–H and O–H groups in total. The van der Waals surface area contributed by atoms with Crippen molar-refractivity contribution in [2.45, 2.75) is 40.2 Å². The minimum absolute atomic E-state index is 0.592. The second kappa shape index (κ2) is 3.97. The van der Waals surface area contributed by atoms with Crippen molar-refractivity contribution in [2.24, 2.45) is 11.3 Å². The van der Waals surface area contributed by atoms with Crippen LogP contribution in [0.2, 0.25) is 0 Å². The zero-order valence-electron chi connectivity index (χ0n) is 9.93. The largest absolute Gasteiger partial charge is 0.345 e. The molecule has 1 aromatic rings. The minimum Gasteiger partial charge on any atom is -0.345 e. The summed E-state index contributed by atoms with van der Waals surface area (Å²) in [7, 11) is 0. The number of nitrogens with one attached hydrogen (secondary N) is 2. The van der Waals surface area contributed by atoms with E-state index in [2.05, 4.69) is 29.1 Å². The zero-order chi connectivity index (χ0) is 10.9. The van der Waals surface area contributed by atoms with Crippen LogP contribution in [0.1, 0.15) is 38.2 Å². The molecule has 1 heterocycles. The fourth-order valence-electron chi connectivity index (χ4n) is 2.13. The van der Waals surface area contributed by atoms with Crippen LogP contribution in [-0.2, 0) is 6.54 Å². The highest BCUT2D eigenvalue weighted by Crippen LogP contribution is 2.51. The molecule has 1 saturated carbocycles. The number of imidazole rings is 1. The number of hydrogen-bond acceptors (Lipinski definition) is 2. The molecule has 1 aliphatic carbocycles. The monoisotopic (exact) mass is 207 g/mol. The van der Waals surface area contributed by atoms with Crippen molar-refractivity contribution < 1.29 is 0 Å². The Morgan fingerprint density at radius 2 is 2.27 bits per heavy atom. The zero-order valence-corrected chi connectivity index (χ0v) is 9.93. The fourth-order valence-corrected chi connectivity index (χ4v) is 2.13. The first-order chi connectivity index (χ1) is 7.12. The van der Waals surface area contributed by atoms with Gasteiger partial charge >= 0.3 is 0 Å². The molecule has 1 aromatic heterocycles. The third kappa shape index (κ3) is 2.40. The molecular weight excluding hydrogens is 186 g/mol. The molecule has 1 aliphatic rings. The van der Waals surface area contributed by atoms with Crippen LogP contribution in [0.5, 0.6) is 0 Å². The van der Waals surface area contributed by atoms with Crippen LogP contribution >= 0.6 is 0 Å². The summed E-state index contributed by atoms with van der Waals surface area (Å²) in [6, 6.07) is 0. The second-order valence-electron chi connectivity index (χ2n) is 5.11. The van der Waals surface area contributed by atoms with Gasteiger partial charge < -0.3 is 10.3 Å². The molecule has 0 atom stereocenters. The maximum Gasteiger partial charge on any atom is 0.103 e. The standard InChI is InChI=1S/C12H21N3/c1-9(2)12(4-5-12)8-13-6-11-7-14-10(3)15-11/h7,9,13H,4-6,8H2,1-3H3,(H,14,15). The molecule has 0 unspecified atom stereocenters. The van der Waals surface area contributed by atoms with Gasteiger partial charge in [-0.05, 0) is 31.1 Å². The molecule has 0 radical (unpaired) electrons. The Morgan fingerprint density at radius 3 is 2.73 bits per heavy atom. The molecule has 15 heavy (non-hydrogen) atoms. The van der Waals surface area contributed by atoms with Gasteiger partial charge in [-0.15, -0.1) is 0 Å². The van der Waals surface area contributed by atoms with E-state index < -0.39 is 0 Å². The van der Waals surface area contributed by atoms with Crippen molar-refractivity contribution >= 4 is 0 Å². The summed E-state index contributed by atoms with van der Waals surface area (Å²) in [6.07, 6.45) is 4.69. The van der Waals surface area contributed by atoms with Gasteiger partial charge in [-0.25, -0.2) is 4.98 Å². The van der Waals surface area contributed by atoms with E-state index >= 15 is 0 Å². The number of aromatic amines is 1. The van der Waals surface area contributed by atoms with E-state index in [-0.39, 0.29) is 0 Å². The van der Waals surface area contributed by atoms with Crippen molar-refractivity contribution in [3.8, 4) is 0 Å². The predicted molar refractivity (Wildman–Crippen MR) is 61.5 cm³/mol. The highest BCUT2D eigenvalue weighted by atomic mass is 15.0. The van der Waals surface area contributed by atoms with E-state index in [1.54, 1.807) is 0 Å². The van der Waals surface area contributed by atoms with Gasteiger partial charge in [0.05, 0.1) is 0 Å². The lowest BCUT2D eigenvalue weighted by molar-refractivity contribution is 0.337. The van der Waals surface area contributed by atoms with Crippen LogP contribution < -0.4 is 5.32 Å². The Labute approximate surface area is 91.7 Å². The topological polar surface area (TPSA) is 40.7 Å². The smallest absolute Gasteiger partial charge is 0.103 e. The Balaban J connectivity index is 1.76. The molecular formula is C12H21N3. The van der Waals surface area contributed by atoms with E-state index in [1.165, 1.54) is 18.5 Å². The molecule has 3 nitrogen and oxygen atoms in total. The summed E-state index contributed by atoms with van der Waals surface area (Å²) in [4.78, 5) is 7.43. The van der Waals surface area contributed by atoms with E-state index in [0.29, 0.717) is 5.41 Å². The van der Waals surface area contributed by atoms with Crippen molar-refractivity contribution in [3.05, 3.63) is 17.7 Å². The van der Waals surface area contributed by atoms with Gasteiger partial charge in [-0.1, -0.05) is 13.8 Å². The molecule has 0 amide bonds. The Hall–Kier alpha value is -0.830. The average molecular weight is 207 g/mol. The van der Waals surface area contributed by atoms with Gasteiger partial charge in [-0.2, -0.15) is 0 Å². The Bertz CT molecular complexity index is 323. The lowest BCUT2D eigenvalue weighted by atomic mass is 9.92. The van der Waals surface area contributed by atoms with Crippen LogP contribution in [0.3, 0.4) is 0 Å². The van der Waals surface area contributed by atoms with Crippen LogP contribution in [0, 0.1) is 18.3 Å². The van der Waals surface area contributed by atoms with Crippen LogP contribution in [0.15, 0.2) is 6.20 Å². The predicted octanol–water partition coefficient (Wildman–Crippen LogP) is 2.24. The minimum atomic E-state index is 0.592. The second-order valence-corrected chi connectivity index (χ2v) is 5.11. The molecule has 1 fully saturated rings. The average Bonchev–Trinajstić information content (AvgIpc) is 2.86. The third-order valence-electron chi connectivity index (χ3n) is 3.66. The molecule has 2 rings (SSSR count). The van der Waals surface area contributed by atoms with Gasteiger partial charge in [0.15, 0.2) is 0 Å². The lowest BCUT2D eigenvalue weighted by Gasteiger charge is -2.19. The number of H-pyrrole nitrogens is 1. The van der Waals surface area contributed by atoms with E-state index in [9.17, 15) is 0 Å². The molecule has 0 saturated heterocycles. The first kappa shape index (κ1) is 10.7. The first-order valence-electron chi connectivity index (χ1n) is 5.84. The Kier molecular flexibility index (Phi) is 2.83. The summed E-state index contributed by atoms with van der Waals surface area (Å²) in [5.41, 5.74) is 1.78. The van der Waals surface area contributed by atoms with Gasteiger partial charge in [-0.3, -0.25) is 0 Å². The van der Waals surface area contributed by atoms with Crippen LogP contribution in [-0.4, -0.2) is 16.5 Å². The maximum absolute atomic E-state index is 4.19. The summed E-state index contributed by atoms with van der Waals surface area (Å²) >= 11 is 0. The van der Waals surface area contributed by atoms with E-state index in [4.69, 9.17) is 0 Å². The fraction of sp³-hybridized carbons (Fsp3) is 0.750. The molecule has 84 valence electrons. The number of nitrogens with zero attached hydrogens (tertiary/aromatic N) is 1. The highest BCUT2D eigenvalue weighted by molar-refractivity contribution is 5.01. The highest BCUT2D eigenvalue weighted by Gasteiger charge is 2.44. The molecule has 3 heteroatoms. The quantitative estimate of drug-likeness (QED) is 0.777. The summed E-state index contributed by atoms with van der Waals surface area (Å²) in [5, 5.41) is 3.53. The summed E-state index contributed by atoms with van der Waals surface area (Å²) in [6.45, 7) is 8.70. The SMILES string of the molecule is Cc1ncc(CNCC2(C(C)C)CC2)[nH]1. The number of aromatic nitrogens is 2. The Morgan fingerprint density at radius 1 is 1.53 bits per heavy atom. The summed E-state index contributed by atoms with van der Waals surface area (Å²) in [5.74, 6) is 1.80. The number of hydrogen-bond donors (Lipinski definition) is 2. The number of aryl methyl sites for hydroxylation is 1. The van der Waals surface area contributed by atoms with Crippen molar-refractivity contribution in [1.29, 1.82) is 0 Å². The van der Waals surface area contributed by atoms with Crippen molar-refractivity contribution in [2.75, 3.05) is 6.54 Å². The molecule has 0 spiro atoms. The van der Waals surface area contributed by atoms with Crippen molar-refractivity contribution in [1.82, 2.24) is 15.3 Å². The van der Waals surface area contributed by atoms with Crippen LogP contribution in [0.25, 0.3) is 0 Å². The maximum atomic E-state index is 4.19. The van der Waals surface area contributed by atoms with Gasteiger partial charge in [0.1, 0.15) is 5.82 Å².